The van der Waals surface area contributed by atoms with Crippen LogP contribution in [0.25, 0.3) is 5.70 Å². The summed E-state index contributed by atoms with van der Waals surface area (Å²) in [6.07, 6.45) is 0. The molecule has 152 valence electrons. The van der Waals surface area contributed by atoms with E-state index >= 15 is 0 Å². The van der Waals surface area contributed by atoms with Gasteiger partial charge in [-0.3, -0.25) is 0 Å². The van der Waals surface area contributed by atoms with E-state index in [0.717, 1.165) is 0 Å². The van der Waals surface area contributed by atoms with Crippen molar-refractivity contribution in [2.45, 2.75) is 13.0 Å². The lowest BCUT2D eigenvalue weighted by atomic mass is 9.92. The van der Waals surface area contributed by atoms with Crippen molar-refractivity contribution in [3.63, 3.8) is 0 Å². The lowest BCUT2D eigenvalue weighted by Crippen LogP contribution is -2.45. The summed E-state index contributed by atoms with van der Waals surface area (Å²) in [6.45, 7) is 2.29. The Balaban J connectivity index is 2.21. The van der Waals surface area contributed by atoms with Crippen LogP contribution in [0, 0.1) is 0 Å². The number of rotatable bonds is 6. The second-order valence-corrected chi connectivity index (χ2v) is 7.00. The van der Waals surface area contributed by atoms with Crippen molar-refractivity contribution in [1.29, 1.82) is 0 Å². The van der Waals surface area contributed by atoms with Crippen LogP contribution in [0.3, 0.4) is 0 Å². The zero-order valence-corrected chi connectivity index (χ0v) is 17.8. The standard InChI is InChI=1S/C21H21BrN2O5/c1-4-29-15-11-13(10-14(22)19(15)27-2)18-16(20(25)28-3)17(23-21(26)24-18)12-8-6-5-7-9-12/h5-11,18H,4H2,1-3H3,(H2,23,24,26). The van der Waals surface area contributed by atoms with Gasteiger partial charge in [0.25, 0.3) is 0 Å². The highest BCUT2D eigenvalue weighted by atomic mass is 79.9. The molecule has 8 heteroatoms. The molecule has 29 heavy (non-hydrogen) atoms. The highest BCUT2D eigenvalue weighted by Gasteiger charge is 2.35. The summed E-state index contributed by atoms with van der Waals surface area (Å²) in [6, 6.07) is 11.5. The maximum Gasteiger partial charge on any atom is 0.338 e. The van der Waals surface area contributed by atoms with Gasteiger partial charge in [0.2, 0.25) is 0 Å². The first-order valence-corrected chi connectivity index (χ1v) is 9.75. The molecule has 0 aromatic heterocycles. The molecular formula is C21H21BrN2O5. The number of nitrogens with one attached hydrogen (secondary N) is 2. The zero-order chi connectivity index (χ0) is 21.0. The van der Waals surface area contributed by atoms with Gasteiger partial charge in [-0.15, -0.1) is 0 Å². The Labute approximate surface area is 177 Å². The van der Waals surface area contributed by atoms with Gasteiger partial charge in [0.05, 0.1) is 42.6 Å². The predicted molar refractivity (Wildman–Crippen MR) is 112 cm³/mol. The smallest absolute Gasteiger partial charge is 0.338 e. The van der Waals surface area contributed by atoms with Crippen LogP contribution in [0.4, 0.5) is 4.79 Å². The summed E-state index contributed by atoms with van der Waals surface area (Å²) in [4.78, 5) is 25.2. The van der Waals surface area contributed by atoms with Crippen molar-refractivity contribution in [2.24, 2.45) is 0 Å². The number of hydrogen-bond acceptors (Lipinski definition) is 5. The first kappa shape index (κ1) is 20.7. The first-order valence-electron chi connectivity index (χ1n) is 8.95. The highest BCUT2D eigenvalue weighted by molar-refractivity contribution is 9.10. The van der Waals surface area contributed by atoms with Gasteiger partial charge < -0.3 is 24.8 Å². The number of ether oxygens (including phenoxy) is 3. The molecule has 2 aromatic carbocycles. The number of carbonyl (C=O) groups excluding carboxylic acids is 2. The van der Waals surface area contributed by atoms with Gasteiger partial charge in [0.15, 0.2) is 11.5 Å². The molecule has 0 fully saturated rings. The molecule has 2 amide bonds. The molecule has 1 aliphatic heterocycles. The normalized spacial score (nSPS) is 16.0. The minimum Gasteiger partial charge on any atom is -0.492 e. The van der Waals surface area contributed by atoms with Crippen molar-refractivity contribution in [3.05, 3.63) is 63.6 Å². The molecule has 0 saturated carbocycles. The van der Waals surface area contributed by atoms with Crippen LogP contribution in [0.2, 0.25) is 0 Å². The minimum absolute atomic E-state index is 0.290. The van der Waals surface area contributed by atoms with Gasteiger partial charge >= 0.3 is 12.0 Å². The summed E-state index contributed by atoms with van der Waals surface area (Å²) >= 11 is 3.48. The number of urea groups is 1. The summed E-state index contributed by atoms with van der Waals surface area (Å²) in [7, 11) is 2.85. The van der Waals surface area contributed by atoms with Gasteiger partial charge in [-0.25, -0.2) is 9.59 Å². The van der Waals surface area contributed by atoms with E-state index in [1.165, 1.54) is 7.11 Å². The number of hydrogen-bond donors (Lipinski definition) is 2. The number of benzene rings is 2. The van der Waals surface area contributed by atoms with Gasteiger partial charge in [0, 0.05) is 0 Å². The molecule has 1 heterocycles. The molecule has 0 bridgehead atoms. The molecule has 0 aliphatic carbocycles. The van der Waals surface area contributed by atoms with Crippen LogP contribution >= 0.6 is 15.9 Å². The first-order chi connectivity index (χ1) is 14.0. The Hall–Kier alpha value is -3.00. The number of methoxy groups -OCH3 is 2. The molecule has 2 N–H and O–H groups in total. The van der Waals surface area contributed by atoms with E-state index in [1.807, 2.05) is 37.3 Å². The third-order valence-corrected chi connectivity index (χ3v) is 5.00. The third kappa shape index (κ3) is 4.22. The molecule has 0 saturated heterocycles. The van der Waals surface area contributed by atoms with Gasteiger partial charge in [-0.1, -0.05) is 30.3 Å². The van der Waals surface area contributed by atoms with Gasteiger partial charge in [0.1, 0.15) is 0 Å². The van der Waals surface area contributed by atoms with E-state index in [1.54, 1.807) is 19.2 Å². The number of esters is 1. The Bertz CT molecular complexity index is 959. The molecule has 1 unspecified atom stereocenters. The van der Waals surface area contributed by atoms with Crippen molar-refractivity contribution >= 4 is 33.6 Å². The zero-order valence-electron chi connectivity index (χ0n) is 16.2. The van der Waals surface area contributed by atoms with E-state index in [-0.39, 0.29) is 5.57 Å². The molecular weight excluding hydrogens is 440 g/mol. The summed E-state index contributed by atoms with van der Waals surface area (Å²) in [5.74, 6) is 0.478. The largest absolute Gasteiger partial charge is 0.492 e. The lowest BCUT2D eigenvalue weighted by molar-refractivity contribution is -0.136. The summed E-state index contributed by atoms with van der Waals surface area (Å²) < 4.78 is 16.8. The van der Waals surface area contributed by atoms with Gasteiger partial charge in [-0.05, 0) is 46.1 Å². The van der Waals surface area contributed by atoms with Crippen LogP contribution in [-0.2, 0) is 9.53 Å². The van der Waals surface area contributed by atoms with E-state index in [2.05, 4.69) is 26.6 Å². The molecule has 1 atom stereocenters. The number of amides is 2. The second-order valence-electron chi connectivity index (χ2n) is 6.14. The lowest BCUT2D eigenvalue weighted by Gasteiger charge is -2.30. The Morgan fingerprint density at radius 2 is 1.90 bits per heavy atom. The molecule has 2 aromatic rings. The molecule has 0 radical (unpaired) electrons. The van der Waals surface area contributed by atoms with Crippen molar-refractivity contribution < 1.29 is 23.8 Å². The predicted octanol–water partition coefficient (Wildman–Crippen LogP) is 3.79. The van der Waals surface area contributed by atoms with E-state index < -0.39 is 18.0 Å². The summed E-state index contributed by atoms with van der Waals surface area (Å²) in [5.41, 5.74) is 2.03. The van der Waals surface area contributed by atoms with E-state index in [4.69, 9.17) is 14.2 Å². The SMILES string of the molecule is CCOc1cc(C2NC(=O)NC(c3ccccc3)=C2C(=O)OC)cc(Br)c1OC. The maximum atomic E-state index is 12.7. The third-order valence-electron chi connectivity index (χ3n) is 4.41. The van der Waals surface area contributed by atoms with Crippen LogP contribution in [-0.4, -0.2) is 32.8 Å². The van der Waals surface area contributed by atoms with E-state index in [0.29, 0.717) is 39.4 Å². The van der Waals surface area contributed by atoms with Crippen molar-refractivity contribution in [1.82, 2.24) is 10.6 Å². The van der Waals surface area contributed by atoms with Gasteiger partial charge in [-0.2, -0.15) is 0 Å². The average molecular weight is 461 g/mol. The van der Waals surface area contributed by atoms with Crippen LogP contribution in [0.1, 0.15) is 24.1 Å². The quantitative estimate of drug-likeness (QED) is 0.640. The number of carbonyl (C=O) groups is 2. The Morgan fingerprint density at radius 3 is 2.52 bits per heavy atom. The highest BCUT2D eigenvalue weighted by Crippen LogP contribution is 2.41. The van der Waals surface area contributed by atoms with Crippen LogP contribution < -0.4 is 20.1 Å². The van der Waals surface area contributed by atoms with Crippen molar-refractivity contribution in [3.8, 4) is 11.5 Å². The fourth-order valence-corrected chi connectivity index (χ4v) is 3.81. The Morgan fingerprint density at radius 1 is 1.17 bits per heavy atom. The maximum absolute atomic E-state index is 12.7. The minimum atomic E-state index is -0.743. The topological polar surface area (TPSA) is 85.9 Å². The molecule has 0 spiro atoms. The van der Waals surface area contributed by atoms with Crippen molar-refractivity contribution in [2.75, 3.05) is 20.8 Å². The fourth-order valence-electron chi connectivity index (χ4n) is 3.19. The Kier molecular flexibility index (Phi) is 6.43. The molecule has 3 rings (SSSR count). The second kappa shape index (κ2) is 9.00. The van der Waals surface area contributed by atoms with Crippen LogP contribution in [0.5, 0.6) is 11.5 Å². The molecule has 1 aliphatic rings. The fraction of sp³-hybridized carbons (Fsp3) is 0.238. The average Bonchev–Trinajstić information content (AvgIpc) is 2.73. The van der Waals surface area contributed by atoms with Crippen LogP contribution in [0.15, 0.2) is 52.5 Å². The molecule has 7 nitrogen and oxygen atoms in total. The monoisotopic (exact) mass is 460 g/mol. The van der Waals surface area contributed by atoms with E-state index in [9.17, 15) is 9.59 Å². The summed E-state index contributed by atoms with van der Waals surface area (Å²) in [5, 5.41) is 5.54. The number of halogens is 1.